The van der Waals surface area contributed by atoms with Crippen molar-refractivity contribution in [3.8, 4) is 0 Å². The molecule has 0 saturated carbocycles. The molecule has 6 heteroatoms. The van der Waals surface area contributed by atoms with E-state index in [4.69, 9.17) is 10.2 Å². The summed E-state index contributed by atoms with van der Waals surface area (Å²) in [5.41, 5.74) is 0. The van der Waals surface area contributed by atoms with Crippen LogP contribution in [0.5, 0.6) is 0 Å². The summed E-state index contributed by atoms with van der Waals surface area (Å²) in [5.74, 6) is -0.584. The summed E-state index contributed by atoms with van der Waals surface area (Å²) in [7, 11) is 0. The molecule has 0 aromatic rings. The number of nitrogens with zero attached hydrogens (tertiary/aromatic N) is 1. The number of aliphatic hydroxyl groups is 2. The van der Waals surface area contributed by atoms with Crippen molar-refractivity contribution < 1.29 is 19.8 Å². The van der Waals surface area contributed by atoms with E-state index in [0.29, 0.717) is 13.1 Å². The second kappa shape index (κ2) is 33.7. The fourth-order valence-corrected chi connectivity index (χ4v) is 5.87. The minimum atomic E-state index is -1.60. The first-order valence-corrected chi connectivity index (χ1v) is 18.9. The summed E-state index contributed by atoms with van der Waals surface area (Å²) in [5, 5.41) is 20.4. The number of rotatable bonds is 34. The molecule has 0 aromatic carbocycles. The smallest absolute Gasteiger partial charge is 0.232 e. The monoisotopic (exact) mass is 611 g/mol. The molecule has 0 unspecified atom stereocenters. The first kappa shape index (κ1) is 41.9. The zero-order valence-electron chi connectivity index (χ0n) is 28.9. The number of unbranched alkanes of at least 4 members (excludes halogenated alkanes) is 26. The van der Waals surface area contributed by atoms with Gasteiger partial charge >= 0.3 is 0 Å². The average molecular weight is 611 g/mol. The van der Waals surface area contributed by atoms with Crippen LogP contribution in [0.15, 0.2) is 0 Å². The van der Waals surface area contributed by atoms with E-state index in [-0.39, 0.29) is 18.9 Å². The van der Waals surface area contributed by atoms with E-state index in [1.807, 2.05) is 4.90 Å². The van der Waals surface area contributed by atoms with E-state index in [0.717, 1.165) is 25.7 Å². The van der Waals surface area contributed by atoms with Gasteiger partial charge in [0.25, 0.3) is 0 Å². The third kappa shape index (κ3) is 32.1. The Morgan fingerprint density at radius 2 is 0.767 bits per heavy atom. The van der Waals surface area contributed by atoms with Gasteiger partial charge in [0, 0.05) is 13.1 Å². The molecule has 0 heterocycles. The van der Waals surface area contributed by atoms with Crippen molar-refractivity contribution in [2.24, 2.45) is 0 Å². The average Bonchev–Trinajstić information content (AvgIpc) is 2.99. The normalized spacial score (nSPS) is 11.4. The van der Waals surface area contributed by atoms with Gasteiger partial charge in [-0.2, -0.15) is 0 Å². The standard InChI is InChI=1S/C37H74N2O4/c1-3-5-7-9-11-13-15-17-19-21-23-25-27-29-31-39(36(41)33-35(40)38-34-37(42)43)32-30-28-26-24-22-20-18-16-14-12-10-8-6-4-2/h37,42-43H,3-34H2,1-2H3,(H,38,40). The number of carbonyl (C=O) groups excluding carboxylic acids is 2. The lowest BCUT2D eigenvalue weighted by atomic mass is 10.0. The highest BCUT2D eigenvalue weighted by atomic mass is 16.5. The Morgan fingerprint density at radius 1 is 0.488 bits per heavy atom. The van der Waals surface area contributed by atoms with E-state index in [9.17, 15) is 9.59 Å². The van der Waals surface area contributed by atoms with Crippen LogP contribution >= 0.6 is 0 Å². The summed E-state index contributed by atoms with van der Waals surface area (Å²) in [6, 6.07) is 0. The van der Waals surface area contributed by atoms with Crippen LogP contribution in [0.3, 0.4) is 0 Å². The van der Waals surface area contributed by atoms with Gasteiger partial charge in [0.15, 0.2) is 6.29 Å². The third-order valence-electron chi connectivity index (χ3n) is 8.71. The van der Waals surface area contributed by atoms with E-state index in [1.165, 1.54) is 154 Å². The molecule has 0 aliphatic heterocycles. The van der Waals surface area contributed by atoms with Gasteiger partial charge in [-0.1, -0.05) is 181 Å². The van der Waals surface area contributed by atoms with E-state index < -0.39 is 12.2 Å². The zero-order valence-corrected chi connectivity index (χ0v) is 28.9. The van der Waals surface area contributed by atoms with Crippen LogP contribution < -0.4 is 5.32 Å². The first-order valence-electron chi connectivity index (χ1n) is 18.9. The van der Waals surface area contributed by atoms with Crippen LogP contribution in [0.1, 0.15) is 200 Å². The van der Waals surface area contributed by atoms with Crippen LogP contribution in [-0.4, -0.2) is 52.9 Å². The summed E-state index contributed by atoms with van der Waals surface area (Å²) in [6.07, 6.45) is 34.8. The molecule has 0 radical (unpaired) electrons. The molecule has 43 heavy (non-hydrogen) atoms. The van der Waals surface area contributed by atoms with Gasteiger partial charge in [0.05, 0.1) is 6.54 Å². The summed E-state index contributed by atoms with van der Waals surface area (Å²) in [4.78, 5) is 26.8. The van der Waals surface area contributed by atoms with Crippen LogP contribution in [0.25, 0.3) is 0 Å². The highest BCUT2D eigenvalue weighted by Crippen LogP contribution is 2.15. The molecule has 0 bridgehead atoms. The van der Waals surface area contributed by atoms with Crippen LogP contribution in [0.2, 0.25) is 0 Å². The molecular weight excluding hydrogens is 536 g/mol. The van der Waals surface area contributed by atoms with Crippen molar-refractivity contribution in [1.82, 2.24) is 10.2 Å². The van der Waals surface area contributed by atoms with Gasteiger partial charge in [-0.15, -0.1) is 0 Å². The molecule has 0 aliphatic carbocycles. The fourth-order valence-electron chi connectivity index (χ4n) is 5.87. The minimum absolute atomic E-state index is 0.144. The molecule has 0 aliphatic rings. The van der Waals surface area contributed by atoms with Crippen molar-refractivity contribution in [1.29, 1.82) is 0 Å². The van der Waals surface area contributed by atoms with Crippen LogP contribution in [-0.2, 0) is 9.59 Å². The molecular formula is C37H74N2O4. The van der Waals surface area contributed by atoms with Crippen molar-refractivity contribution in [2.45, 2.75) is 206 Å². The van der Waals surface area contributed by atoms with Crippen molar-refractivity contribution >= 4 is 11.8 Å². The highest BCUT2D eigenvalue weighted by Gasteiger charge is 2.17. The largest absolute Gasteiger partial charge is 0.367 e. The maximum absolute atomic E-state index is 12.9. The zero-order chi connectivity index (χ0) is 31.6. The molecule has 0 aromatic heterocycles. The molecule has 0 fully saturated rings. The molecule has 0 rings (SSSR count). The van der Waals surface area contributed by atoms with Crippen LogP contribution in [0.4, 0.5) is 0 Å². The summed E-state index contributed by atoms with van der Waals surface area (Å²) < 4.78 is 0. The maximum atomic E-state index is 12.9. The lowest BCUT2D eigenvalue weighted by Crippen LogP contribution is -2.39. The Morgan fingerprint density at radius 3 is 1.05 bits per heavy atom. The van der Waals surface area contributed by atoms with Crippen LogP contribution in [0, 0.1) is 0 Å². The molecule has 6 nitrogen and oxygen atoms in total. The SMILES string of the molecule is CCCCCCCCCCCCCCCCN(CCCCCCCCCCCCCCCC)C(=O)CC(=O)NCC(O)O. The number of aliphatic hydroxyl groups excluding tert-OH is 1. The second-order valence-corrected chi connectivity index (χ2v) is 13.0. The molecule has 256 valence electrons. The number of hydrogen-bond acceptors (Lipinski definition) is 4. The van der Waals surface area contributed by atoms with Gasteiger partial charge in [-0.05, 0) is 12.8 Å². The number of carbonyl (C=O) groups is 2. The number of hydrogen-bond donors (Lipinski definition) is 3. The van der Waals surface area contributed by atoms with Gasteiger partial charge in [-0.25, -0.2) is 0 Å². The summed E-state index contributed by atoms with van der Waals surface area (Å²) >= 11 is 0. The number of amides is 2. The Bertz CT molecular complexity index is 567. The molecule has 3 N–H and O–H groups in total. The maximum Gasteiger partial charge on any atom is 0.232 e. The third-order valence-corrected chi connectivity index (χ3v) is 8.71. The quantitative estimate of drug-likeness (QED) is 0.0384. The first-order chi connectivity index (χ1) is 21.0. The lowest BCUT2D eigenvalue weighted by molar-refractivity contribution is -0.137. The van der Waals surface area contributed by atoms with Gasteiger partial charge in [0.2, 0.25) is 11.8 Å². The fraction of sp³-hybridized carbons (Fsp3) is 0.946. The van der Waals surface area contributed by atoms with E-state index in [2.05, 4.69) is 19.2 Å². The number of nitrogens with one attached hydrogen (secondary N) is 1. The second-order valence-electron chi connectivity index (χ2n) is 13.0. The van der Waals surface area contributed by atoms with Crippen molar-refractivity contribution in [3.05, 3.63) is 0 Å². The molecule has 0 saturated heterocycles. The Kier molecular flexibility index (Phi) is 32.9. The highest BCUT2D eigenvalue weighted by molar-refractivity contribution is 5.96. The van der Waals surface area contributed by atoms with Gasteiger partial charge in [-0.3, -0.25) is 9.59 Å². The predicted octanol–water partition coefficient (Wildman–Crippen LogP) is 9.59. The Hall–Kier alpha value is -1.14. The lowest BCUT2D eigenvalue weighted by Gasteiger charge is -2.23. The van der Waals surface area contributed by atoms with E-state index >= 15 is 0 Å². The van der Waals surface area contributed by atoms with Crippen molar-refractivity contribution in [2.75, 3.05) is 19.6 Å². The van der Waals surface area contributed by atoms with Gasteiger partial charge in [0.1, 0.15) is 6.42 Å². The Labute approximate surface area is 267 Å². The molecule has 2 amide bonds. The topological polar surface area (TPSA) is 89.9 Å². The van der Waals surface area contributed by atoms with Crippen molar-refractivity contribution in [3.63, 3.8) is 0 Å². The van der Waals surface area contributed by atoms with Gasteiger partial charge < -0.3 is 20.4 Å². The predicted molar refractivity (Wildman–Crippen MR) is 183 cm³/mol. The summed E-state index contributed by atoms with van der Waals surface area (Å²) in [6.45, 7) is 5.72. The molecule has 0 atom stereocenters. The molecule has 0 spiro atoms. The van der Waals surface area contributed by atoms with E-state index in [1.54, 1.807) is 0 Å². The Balaban J connectivity index is 4.04. The minimum Gasteiger partial charge on any atom is -0.367 e.